The Bertz CT molecular complexity index is 565. The van der Waals surface area contributed by atoms with Crippen molar-refractivity contribution in [3.8, 4) is 0 Å². The summed E-state index contributed by atoms with van der Waals surface area (Å²) in [6.45, 7) is 0.889. The minimum absolute atomic E-state index is 0.459. The van der Waals surface area contributed by atoms with Crippen molar-refractivity contribution < 1.29 is 49.0 Å². The summed E-state index contributed by atoms with van der Waals surface area (Å²) in [5.74, 6) is -2.29. The Morgan fingerprint density at radius 3 is 2.42 bits per heavy atom. The van der Waals surface area contributed by atoms with Gasteiger partial charge in [0.05, 0.1) is 25.9 Å². The molecule has 26 heavy (non-hydrogen) atoms. The van der Waals surface area contributed by atoms with Crippen molar-refractivity contribution >= 4 is 11.9 Å². The van der Waals surface area contributed by atoms with Crippen LogP contribution in [-0.2, 0) is 28.5 Å². The number of carbonyl (C=O) groups excluding carboxylic acids is 2. The summed E-state index contributed by atoms with van der Waals surface area (Å²) in [6.07, 6.45) is -7.57. The lowest BCUT2D eigenvalue weighted by molar-refractivity contribution is -0.296. The van der Waals surface area contributed by atoms with Crippen LogP contribution in [0.2, 0.25) is 0 Å². The van der Waals surface area contributed by atoms with E-state index in [1.165, 1.54) is 14.0 Å². The molecule has 3 aliphatic rings. The monoisotopic (exact) mass is 376 g/mol. The highest BCUT2D eigenvalue weighted by Crippen LogP contribution is 2.53. The molecule has 0 radical (unpaired) electrons. The molecule has 3 saturated heterocycles. The molecular formula is C16H24O10. The van der Waals surface area contributed by atoms with E-state index in [1.807, 2.05) is 0 Å². The first kappa shape index (κ1) is 19.5. The minimum Gasteiger partial charge on any atom is -0.469 e. The quantitative estimate of drug-likeness (QED) is 0.394. The molecule has 10 heteroatoms. The number of rotatable bonds is 4. The lowest BCUT2D eigenvalue weighted by Crippen LogP contribution is -2.60. The van der Waals surface area contributed by atoms with E-state index >= 15 is 0 Å². The Balaban J connectivity index is 1.79. The van der Waals surface area contributed by atoms with Gasteiger partial charge >= 0.3 is 11.9 Å². The summed E-state index contributed by atoms with van der Waals surface area (Å²) in [4.78, 5) is 25.1. The van der Waals surface area contributed by atoms with Crippen molar-refractivity contribution in [2.75, 3.05) is 13.7 Å². The molecule has 0 amide bonds. The first-order chi connectivity index (χ1) is 12.2. The van der Waals surface area contributed by atoms with Crippen LogP contribution in [0.1, 0.15) is 19.8 Å². The fraction of sp³-hybridized carbons (Fsp3) is 0.875. The highest BCUT2D eigenvalue weighted by atomic mass is 16.7. The molecule has 2 bridgehead atoms. The van der Waals surface area contributed by atoms with Gasteiger partial charge in [-0.15, -0.1) is 0 Å². The van der Waals surface area contributed by atoms with Crippen molar-refractivity contribution in [1.82, 2.24) is 0 Å². The topological polar surface area (TPSA) is 152 Å². The molecule has 0 saturated carbocycles. The molecule has 9 atom stereocenters. The Kier molecular flexibility index (Phi) is 5.26. The normalized spacial score (nSPS) is 47.6. The van der Waals surface area contributed by atoms with Crippen molar-refractivity contribution in [1.29, 1.82) is 0 Å². The summed E-state index contributed by atoms with van der Waals surface area (Å²) in [5, 5.41) is 38.8. The van der Waals surface area contributed by atoms with Gasteiger partial charge in [-0.2, -0.15) is 0 Å². The molecule has 0 aliphatic carbocycles. The molecule has 0 aromatic rings. The molecule has 9 unspecified atom stereocenters. The maximum absolute atomic E-state index is 12.9. The standard InChI is InChI=1S/C16H24O10/c1-16(8-4-3-6(24-8)9(16)13(21)23-2)15(22)26-14-12(20)11(19)10(18)7(5-17)25-14/h6-12,14,17-20H,3-5H2,1-2H3. The third kappa shape index (κ3) is 2.81. The van der Waals surface area contributed by atoms with E-state index in [0.717, 1.165) is 0 Å². The summed E-state index contributed by atoms with van der Waals surface area (Å²) in [6, 6.07) is 0. The third-order valence-electron chi connectivity index (χ3n) is 5.71. The van der Waals surface area contributed by atoms with Crippen LogP contribution >= 0.6 is 0 Å². The largest absolute Gasteiger partial charge is 0.469 e. The van der Waals surface area contributed by atoms with Crippen molar-refractivity contribution in [3.63, 3.8) is 0 Å². The molecule has 148 valence electrons. The van der Waals surface area contributed by atoms with Gasteiger partial charge in [0.25, 0.3) is 0 Å². The molecule has 4 N–H and O–H groups in total. The van der Waals surface area contributed by atoms with E-state index in [0.29, 0.717) is 12.8 Å². The molecule has 0 aromatic carbocycles. The Hall–Kier alpha value is -1.30. The number of hydrogen-bond acceptors (Lipinski definition) is 10. The average molecular weight is 376 g/mol. The minimum atomic E-state index is -1.71. The van der Waals surface area contributed by atoms with Gasteiger partial charge in [-0.25, -0.2) is 0 Å². The number of aliphatic hydroxyl groups is 4. The number of carbonyl (C=O) groups is 2. The van der Waals surface area contributed by atoms with Gasteiger partial charge in [-0.1, -0.05) is 0 Å². The Morgan fingerprint density at radius 1 is 1.12 bits per heavy atom. The van der Waals surface area contributed by atoms with Crippen molar-refractivity contribution in [2.45, 2.75) is 62.7 Å². The molecule has 3 fully saturated rings. The van der Waals surface area contributed by atoms with Gasteiger partial charge in [0.15, 0.2) is 0 Å². The predicted octanol–water partition coefficient (Wildman–Crippen LogP) is -2.31. The van der Waals surface area contributed by atoms with E-state index in [4.69, 9.17) is 18.9 Å². The van der Waals surface area contributed by atoms with Gasteiger partial charge in [0.2, 0.25) is 6.29 Å². The maximum Gasteiger partial charge on any atom is 0.317 e. The van der Waals surface area contributed by atoms with E-state index in [-0.39, 0.29) is 0 Å². The van der Waals surface area contributed by atoms with E-state index in [1.54, 1.807) is 0 Å². The lowest BCUT2D eigenvalue weighted by atomic mass is 9.67. The van der Waals surface area contributed by atoms with E-state index in [2.05, 4.69) is 0 Å². The number of hydrogen-bond donors (Lipinski definition) is 4. The number of ether oxygens (including phenoxy) is 4. The van der Waals surface area contributed by atoms with Crippen molar-refractivity contribution in [2.24, 2.45) is 11.3 Å². The van der Waals surface area contributed by atoms with Gasteiger partial charge < -0.3 is 39.4 Å². The van der Waals surface area contributed by atoms with Crippen LogP contribution in [0.3, 0.4) is 0 Å². The smallest absolute Gasteiger partial charge is 0.317 e. The van der Waals surface area contributed by atoms with Crippen LogP contribution < -0.4 is 0 Å². The van der Waals surface area contributed by atoms with Crippen molar-refractivity contribution in [3.05, 3.63) is 0 Å². The van der Waals surface area contributed by atoms with Gasteiger partial charge in [0.1, 0.15) is 35.7 Å². The average Bonchev–Trinajstić information content (AvgIpc) is 3.21. The molecule has 3 heterocycles. The molecule has 0 spiro atoms. The Morgan fingerprint density at radius 2 is 1.81 bits per heavy atom. The summed E-state index contributed by atoms with van der Waals surface area (Å²) in [5.41, 5.74) is -1.34. The Labute approximate surface area is 149 Å². The van der Waals surface area contributed by atoms with Crippen LogP contribution in [0.25, 0.3) is 0 Å². The molecule has 10 nitrogen and oxygen atoms in total. The molecule has 3 aliphatic heterocycles. The predicted molar refractivity (Wildman–Crippen MR) is 81.4 cm³/mol. The highest BCUT2D eigenvalue weighted by molar-refractivity contribution is 5.87. The molecule has 3 rings (SSSR count). The molecule has 0 aromatic heterocycles. The molecular weight excluding hydrogens is 352 g/mol. The van der Waals surface area contributed by atoms with E-state index < -0.39 is 72.8 Å². The number of esters is 2. The van der Waals surface area contributed by atoms with Crippen LogP contribution in [0, 0.1) is 11.3 Å². The number of fused-ring (bicyclic) bond motifs is 2. The van der Waals surface area contributed by atoms with Gasteiger partial charge in [0, 0.05) is 0 Å². The van der Waals surface area contributed by atoms with E-state index in [9.17, 15) is 30.0 Å². The van der Waals surface area contributed by atoms with Crippen LogP contribution in [0.4, 0.5) is 0 Å². The summed E-state index contributed by atoms with van der Waals surface area (Å²) >= 11 is 0. The zero-order valence-corrected chi connectivity index (χ0v) is 14.5. The summed E-state index contributed by atoms with van der Waals surface area (Å²) < 4.78 is 20.9. The first-order valence-corrected chi connectivity index (χ1v) is 8.50. The fourth-order valence-electron chi connectivity index (χ4n) is 4.11. The van der Waals surface area contributed by atoms with Gasteiger partial charge in [-0.05, 0) is 19.8 Å². The zero-order chi connectivity index (χ0) is 19.2. The van der Waals surface area contributed by atoms with Gasteiger partial charge in [-0.3, -0.25) is 9.59 Å². The maximum atomic E-state index is 12.9. The lowest BCUT2D eigenvalue weighted by Gasteiger charge is -2.41. The fourth-order valence-corrected chi connectivity index (χ4v) is 4.11. The highest BCUT2D eigenvalue weighted by Gasteiger charge is 2.65. The number of aliphatic hydroxyl groups excluding tert-OH is 4. The summed E-state index contributed by atoms with van der Waals surface area (Å²) in [7, 11) is 1.22. The SMILES string of the molecule is COC(=O)C1C2CCC(O2)C1(C)C(=O)OC1OC(CO)C(O)C(O)C1O. The zero-order valence-electron chi connectivity index (χ0n) is 14.5. The second kappa shape index (κ2) is 7.02. The third-order valence-corrected chi connectivity index (χ3v) is 5.71. The second-order valence-electron chi connectivity index (χ2n) is 7.13. The van der Waals surface area contributed by atoms with Crippen LogP contribution in [0.15, 0.2) is 0 Å². The number of methoxy groups -OCH3 is 1. The first-order valence-electron chi connectivity index (χ1n) is 8.50. The second-order valence-corrected chi connectivity index (χ2v) is 7.13. The van der Waals surface area contributed by atoms with Crippen LogP contribution in [-0.4, -0.2) is 89.0 Å². The van der Waals surface area contributed by atoms with Crippen LogP contribution in [0.5, 0.6) is 0 Å².